The summed E-state index contributed by atoms with van der Waals surface area (Å²) in [6.45, 7) is 5.35. The molecule has 0 amide bonds. The highest BCUT2D eigenvalue weighted by Gasteiger charge is 2.30. The van der Waals surface area contributed by atoms with Crippen LogP contribution in [0.2, 0.25) is 0 Å². The number of benzene rings is 1. The van der Waals surface area contributed by atoms with Gasteiger partial charge < -0.3 is 10.6 Å². The largest absolute Gasteiger partial charge is 0.416 e. The minimum Gasteiger partial charge on any atom is -0.384 e. The van der Waals surface area contributed by atoms with Gasteiger partial charge in [0.1, 0.15) is 0 Å². The van der Waals surface area contributed by atoms with E-state index in [-0.39, 0.29) is 0 Å². The third kappa shape index (κ3) is 5.08. The zero-order valence-corrected chi connectivity index (χ0v) is 9.93. The van der Waals surface area contributed by atoms with Crippen molar-refractivity contribution in [2.24, 2.45) is 0 Å². The van der Waals surface area contributed by atoms with E-state index in [9.17, 15) is 13.2 Å². The van der Waals surface area contributed by atoms with Gasteiger partial charge in [0.2, 0.25) is 0 Å². The summed E-state index contributed by atoms with van der Waals surface area (Å²) in [6, 6.07) is 5.59. The van der Waals surface area contributed by atoms with Gasteiger partial charge in [-0.15, -0.1) is 0 Å². The maximum absolute atomic E-state index is 12.4. The minimum atomic E-state index is -4.28. The zero-order valence-electron chi connectivity index (χ0n) is 9.93. The molecule has 0 fully saturated rings. The lowest BCUT2D eigenvalue weighted by atomic mass is 10.2. The Balaban J connectivity index is 2.49. The van der Waals surface area contributed by atoms with Gasteiger partial charge >= 0.3 is 6.18 Å². The van der Waals surface area contributed by atoms with E-state index >= 15 is 0 Å². The first kappa shape index (κ1) is 13.8. The fraction of sp³-hybridized carbons (Fsp3) is 0.500. The Kier molecular flexibility index (Phi) is 4.81. The molecule has 1 rings (SSSR count). The lowest BCUT2D eigenvalue weighted by molar-refractivity contribution is -0.137. The van der Waals surface area contributed by atoms with Crippen molar-refractivity contribution in [3.05, 3.63) is 29.8 Å². The molecule has 5 heteroatoms. The van der Waals surface area contributed by atoms with Gasteiger partial charge in [-0.05, 0) is 18.2 Å². The van der Waals surface area contributed by atoms with Crippen molar-refractivity contribution >= 4 is 5.69 Å². The normalized spacial score (nSPS) is 11.9. The SMILES string of the molecule is CC(C)NCCNc1cccc(C(F)(F)F)c1. The molecule has 1 aromatic rings. The first-order chi connectivity index (χ1) is 7.89. The number of halogens is 3. The highest BCUT2D eigenvalue weighted by Crippen LogP contribution is 2.30. The summed E-state index contributed by atoms with van der Waals surface area (Å²) in [4.78, 5) is 0. The van der Waals surface area contributed by atoms with Crippen LogP contribution in [0.25, 0.3) is 0 Å². The Labute approximate surface area is 99.2 Å². The molecule has 0 saturated carbocycles. The van der Waals surface area contributed by atoms with Gasteiger partial charge in [-0.2, -0.15) is 13.2 Å². The van der Waals surface area contributed by atoms with E-state index in [1.807, 2.05) is 13.8 Å². The molecule has 2 nitrogen and oxygen atoms in total. The zero-order chi connectivity index (χ0) is 12.9. The monoisotopic (exact) mass is 246 g/mol. The number of hydrogen-bond acceptors (Lipinski definition) is 2. The van der Waals surface area contributed by atoms with Gasteiger partial charge in [0.15, 0.2) is 0 Å². The molecule has 0 saturated heterocycles. The van der Waals surface area contributed by atoms with Crippen LogP contribution in [-0.4, -0.2) is 19.1 Å². The molecule has 0 aliphatic heterocycles. The highest BCUT2D eigenvalue weighted by atomic mass is 19.4. The fourth-order valence-electron chi connectivity index (χ4n) is 1.37. The van der Waals surface area contributed by atoms with Crippen LogP contribution < -0.4 is 10.6 Å². The molecular formula is C12H17F3N2. The molecule has 0 radical (unpaired) electrons. The maximum atomic E-state index is 12.4. The topological polar surface area (TPSA) is 24.1 Å². The standard InChI is InChI=1S/C12H17F3N2/c1-9(2)16-6-7-17-11-5-3-4-10(8-11)12(13,14)15/h3-5,8-9,16-17H,6-7H2,1-2H3. The third-order valence-corrected chi connectivity index (χ3v) is 2.20. The maximum Gasteiger partial charge on any atom is 0.416 e. The van der Waals surface area contributed by atoms with E-state index in [1.165, 1.54) is 6.07 Å². The van der Waals surface area contributed by atoms with Gasteiger partial charge in [0.25, 0.3) is 0 Å². The molecule has 17 heavy (non-hydrogen) atoms. The van der Waals surface area contributed by atoms with E-state index in [1.54, 1.807) is 6.07 Å². The summed E-state index contributed by atoms with van der Waals surface area (Å²) in [6.07, 6.45) is -4.28. The first-order valence-electron chi connectivity index (χ1n) is 5.54. The predicted molar refractivity (Wildman–Crippen MR) is 63.1 cm³/mol. The first-order valence-corrected chi connectivity index (χ1v) is 5.54. The molecule has 0 heterocycles. The predicted octanol–water partition coefficient (Wildman–Crippen LogP) is 3.12. The quantitative estimate of drug-likeness (QED) is 0.780. The molecule has 0 aliphatic rings. The lowest BCUT2D eigenvalue weighted by Crippen LogP contribution is -2.28. The third-order valence-electron chi connectivity index (χ3n) is 2.20. The van der Waals surface area contributed by atoms with E-state index in [0.29, 0.717) is 24.8 Å². The fourth-order valence-corrected chi connectivity index (χ4v) is 1.37. The van der Waals surface area contributed by atoms with Crippen LogP contribution in [0.15, 0.2) is 24.3 Å². The van der Waals surface area contributed by atoms with Crippen LogP contribution in [0.5, 0.6) is 0 Å². The van der Waals surface area contributed by atoms with E-state index in [0.717, 1.165) is 12.1 Å². The smallest absolute Gasteiger partial charge is 0.384 e. The molecule has 96 valence electrons. The highest BCUT2D eigenvalue weighted by molar-refractivity contribution is 5.46. The summed E-state index contributed by atoms with van der Waals surface area (Å²) in [5.74, 6) is 0. The van der Waals surface area contributed by atoms with Crippen molar-refractivity contribution in [2.75, 3.05) is 18.4 Å². The molecule has 1 aromatic carbocycles. The van der Waals surface area contributed by atoms with Crippen molar-refractivity contribution in [1.29, 1.82) is 0 Å². The molecule has 0 bridgehead atoms. The van der Waals surface area contributed by atoms with Gasteiger partial charge in [-0.25, -0.2) is 0 Å². The van der Waals surface area contributed by atoms with Gasteiger partial charge in [0, 0.05) is 24.8 Å². The van der Waals surface area contributed by atoms with Crippen molar-refractivity contribution in [3.63, 3.8) is 0 Å². The summed E-state index contributed by atoms with van der Waals surface area (Å²) in [7, 11) is 0. The second-order valence-corrected chi connectivity index (χ2v) is 4.11. The van der Waals surface area contributed by atoms with Crippen LogP contribution in [-0.2, 0) is 6.18 Å². The molecule has 0 atom stereocenters. The van der Waals surface area contributed by atoms with Crippen molar-refractivity contribution in [2.45, 2.75) is 26.1 Å². The number of alkyl halides is 3. The van der Waals surface area contributed by atoms with E-state index < -0.39 is 11.7 Å². The average Bonchev–Trinajstić information content (AvgIpc) is 2.23. The average molecular weight is 246 g/mol. The van der Waals surface area contributed by atoms with Crippen LogP contribution >= 0.6 is 0 Å². The number of anilines is 1. The van der Waals surface area contributed by atoms with Gasteiger partial charge in [-0.1, -0.05) is 19.9 Å². The van der Waals surface area contributed by atoms with E-state index in [2.05, 4.69) is 10.6 Å². The molecule has 0 spiro atoms. The molecule has 0 aliphatic carbocycles. The van der Waals surface area contributed by atoms with Crippen LogP contribution in [0.1, 0.15) is 19.4 Å². The second-order valence-electron chi connectivity index (χ2n) is 4.11. The summed E-state index contributed by atoms with van der Waals surface area (Å²) in [5, 5.41) is 6.13. The summed E-state index contributed by atoms with van der Waals surface area (Å²) in [5.41, 5.74) is -0.135. The Morgan fingerprint density at radius 2 is 1.88 bits per heavy atom. The second kappa shape index (κ2) is 5.91. The Morgan fingerprint density at radius 1 is 1.18 bits per heavy atom. The molecule has 0 unspecified atom stereocenters. The minimum absolute atomic E-state index is 0.373. The molecular weight excluding hydrogens is 229 g/mol. The van der Waals surface area contributed by atoms with Crippen molar-refractivity contribution in [1.82, 2.24) is 5.32 Å². The van der Waals surface area contributed by atoms with Crippen LogP contribution in [0.3, 0.4) is 0 Å². The summed E-state index contributed by atoms with van der Waals surface area (Å²) >= 11 is 0. The Morgan fingerprint density at radius 3 is 2.47 bits per heavy atom. The van der Waals surface area contributed by atoms with Crippen LogP contribution in [0.4, 0.5) is 18.9 Å². The molecule has 0 aromatic heterocycles. The van der Waals surface area contributed by atoms with Crippen molar-refractivity contribution in [3.8, 4) is 0 Å². The number of rotatable bonds is 5. The summed E-state index contributed by atoms with van der Waals surface area (Å²) < 4.78 is 37.3. The van der Waals surface area contributed by atoms with Crippen molar-refractivity contribution < 1.29 is 13.2 Å². The Bertz CT molecular complexity index is 348. The molecule has 2 N–H and O–H groups in total. The number of nitrogens with one attached hydrogen (secondary N) is 2. The van der Waals surface area contributed by atoms with Gasteiger partial charge in [0.05, 0.1) is 5.56 Å². The van der Waals surface area contributed by atoms with Gasteiger partial charge in [-0.3, -0.25) is 0 Å². The Hall–Kier alpha value is -1.23. The lowest BCUT2D eigenvalue weighted by Gasteiger charge is -2.12. The van der Waals surface area contributed by atoms with E-state index in [4.69, 9.17) is 0 Å². The van der Waals surface area contributed by atoms with Crippen LogP contribution in [0, 0.1) is 0 Å². The number of hydrogen-bond donors (Lipinski definition) is 2.